The number of rotatable bonds is 4. The second-order valence-corrected chi connectivity index (χ2v) is 5.33. The molecule has 19 heavy (non-hydrogen) atoms. The van der Waals surface area contributed by atoms with Gasteiger partial charge >= 0.3 is 0 Å². The van der Waals surface area contributed by atoms with Crippen LogP contribution in [-0.4, -0.2) is 0 Å². The second kappa shape index (κ2) is 6.78. The average molecular weight is 268 g/mol. The van der Waals surface area contributed by atoms with Gasteiger partial charge in [-0.05, 0) is 68.1 Å². The summed E-state index contributed by atoms with van der Waals surface area (Å²) in [5, 5.41) is 0. The zero-order valence-electron chi connectivity index (χ0n) is 10.9. The molecule has 0 nitrogen and oxygen atoms in total. The fourth-order valence-corrected chi connectivity index (χ4v) is 2.95. The summed E-state index contributed by atoms with van der Waals surface area (Å²) in [7, 11) is 0. The van der Waals surface area contributed by atoms with Crippen LogP contribution in [0.3, 0.4) is 0 Å². The van der Waals surface area contributed by atoms with E-state index in [9.17, 15) is 13.2 Å². The van der Waals surface area contributed by atoms with Gasteiger partial charge in [0.2, 0.25) is 0 Å². The first-order valence-corrected chi connectivity index (χ1v) is 6.91. The van der Waals surface area contributed by atoms with Crippen molar-refractivity contribution in [3.8, 4) is 0 Å². The first kappa shape index (κ1) is 14.2. The number of hydrogen-bond acceptors (Lipinski definition) is 0. The highest BCUT2D eigenvalue weighted by atomic mass is 19.2. The van der Waals surface area contributed by atoms with E-state index in [1.165, 1.54) is 12.1 Å². The lowest BCUT2D eigenvalue weighted by Crippen LogP contribution is -2.13. The molecule has 1 aromatic rings. The molecule has 0 bridgehead atoms. The largest absolute Gasteiger partial charge is 0.216 e. The Kier molecular flexibility index (Phi) is 5.06. The lowest BCUT2D eigenvalue weighted by atomic mass is 9.77. The normalized spacial score (nSPS) is 23.9. The number of halogens is 3. The van der Waals surface area contributed by atoms with E-state index >= 15 is 0 Å². The van der Waals surface area contributed by atoms with Crippen molar-refractivity contribution in [2.24, 2.45) is 5.92 Å². The number of benzene rings is 1. The summed E-state index contributed by atoms with van der Waals surface area (Å²) in [5.74, 6) is -0.566. The van der Waals surface area contributed by atoms with Crippen molar-refractivity contribution in [1.29, 1.82) is 0 Å². The standard InChI is InChI=1S/C16H19F3/c17-10-2-1-3-12-4-6-13(7-5-12)14-8-9-15(18)16(19)11-14/h2,8-13H,1,3-7H2. The zero-order chi connectivity index (χ0) is 13.7. The van der Waals surface area contributed by atoms with Crippen molar-refractivity contribution >= 4 is 0 Å². The number of hydrogen-bond donors (Lipinski definition) is 0. The molecule has 0 saturated heterocycles. The molecule has 104 valence electrons. The van der Waals surface area contributed by atoms with Gasteiger partial charge in [0.05, 0.1) is 6.33 Å². The van der Waals surface area contributed by atoms with Gasteiger partial charge in [-0.3, -0.25) is 0 Å². The van der Waals surface area contributed by atoms with Crippen LogP contribution in [0.15, 0.2) is 30.6 Å². The van der Waals surface area contributed by atoms with E-state index in [-0.39, 0.29) is 0 Å². The van der Waals surface area contributed by atoms with E-state index in [4.69, 9.17) is 0 Å². The molecule has 0 amide bonds. The van der Waals surface area contributed by atoms with Crippen LogP contribution in [0.5, 0.6) is 0 Å². The maximum atomic E-state index is 13.2. The highest BCUT2D eigenvalue weighted by Gasteiger charge is 2.22. The molecule has 0 heterocycles. The predicted octanol–water partition coefficient (Wildman–Crippen LogP) is 5.50. The van der Waals surface area contributed by atoms with Gasteiger partial charge in [-0.2, -0.15) is 0 Å². The summed E-state index contributed by atoms with van der Waals surface area (Å²) >= 11 is 0. The van der Waals surface area contributed by atoms with Crippen LogP contribution in [0.1, 0.15) is 50.0 Å². The van der Waals surface area contributed by atoms with Crippen LogP contribution in [0.2, 0.25) is 0 Å². The number of allylic oxidation sites excluding steroid dienone is 1. The zero-order valence-corrected chi connectivity index (χ0v) is 10.9. The summed E-state index contributed by atoms with van der Waals surface area (Å²) < 4.78 is 37.9. The SMILES string of the molecule is FC=CCCC1CCC(c2ccc(F)c(F)c2)CC1. The third-order valence-corrected chi connectivity index (χ3v) is 4.09. The van der Waals surface area contributed by atoms with Crippen LogP contribution in [0, 0.1) is 17.6 Å². The van der Waals surface area contributed by atoms with Crippen LogP contribution in [0.25, 0.3) is 0 Å². The van der Waals surface area contributed by atoms with E-state index in [0.29, 0.717) is 18.2 Å². The van der Waals surface area contributed by atoms with Gasteiger partial charge in [-0.1, -0.05) is 12.1 Å². The Morgan fingerprint density at radius 2 is 1.79 bits per heavy atom. The van der Waals surface area contributed by atoms with Gasteiger partial charge in [0.1, 0.15) is 0 Å². The van der Waals surface area contributed by atoms with Gasteiger partial charge in [-0.25, -0.2) is 13.2 Å². The first-order chi connectivity index (χ1) is 9.20. The quantitative estimate of drug-likeness (QED) is 0.676. The molecule has 1 fully saturated rings. The van der Waals surface area contributed by atoms with E-state index in [1.807, 2.05) is 0 Å². The maximum absolute atomic E-state index is 13.2. The Morgan fingerprint density at radius 3 is 2.42 bits per heavy atom. The van der Waals surface area contributed by atoms with Crippen molar-refractivity contribution in [1.82, 2.24) is 0 Å². The van der Waals surface area contributed by atoms with Crippen molar-refractivity contribution in [2.75, 3.05) is 0 Å². The smallest absolute Gasteiger partial charge is 0.159 e. The lowest BCUT2D eigenvalue weighted by molar-refractivity contribution is 0.311. The van der Waals surface area contributed by atoms with Gasteiger partial charge in [0.25, 0.3) is 0 Å². The molecular formula is C16H19F3. The van der Waals surface area contributed by atoms with E-state index in [1.54, 1.807) is 12.1 Å². The third kappa shape index (κ3) is 3.85. The fourth-order valence-electron chi connectivity index (χ4n) is 2.95. The molecule has 0 atom stereocenters. The van der Waals surface area contributed by atoms with Crippen LogP contribution < -0.4 is 0 Å². The Hall–Kier alpha value is -1.25. The summed E-state index contributed by atoms with van der Waals surface area (Å²) in [6.45, 7) is 0. The fraction of sp³-hybridized carbons (Fsp3) is 0.500. The second-order valence-electron chi connectivity index (χ2n) is 5.33. The summed E-state index contributed by atoms with van der Waals surface area (Å²) in [6, 6.07) is 4.23. The molecule has 3 heteroatoms. The molecule has 0 aromatic heterocycles. The van der Waals surface area contributed by atoms with Crippen molar-refractivity contribution < 1.29 is 13.2 Å². The lowest BCUT2D eigenvalue weighted by Gasteiger charge is -2.28. The van der Waals surface area contributed by atoms with Crippen LogP contribution in [-0.2, 0) is 0 Å². The predicted molar refractivity (Wildman–Crippen MR) is 70.5 cm³/mol. The maximum Gasteiger partial charge on any atom is 0.159 e. The first-order valence-electron chi connectivity index (χ1n) is 6.91. The highest BCUT2D eigenvalue weighted by Crippen LogP contribution is 2.37. The van der Waals surface area contributed by atoms with Crippen molar-refractivity contribution in [3.63, 3.8) is 0 Å². The minimum Gasteiger partial charge on any atom is -0.216 e. The Labute approximate surface area is 112 Å². The minimum absolute atomic E-state index is 0.336. The molecule has 0 aliphatic heterocycles. The van der Waals surface area contributed by atoms with Crippen LogP contribution in [0.4, 0.5) is 13.2 Å². The van der Waals surface area contributed by atoms with Gasteiger partial charge < -0.3 is 0 Å². The summed E-state index contributed by atoms with van der Waals surface area (Å²) in [5.41, 5.74) is 0.904. The summed E-state index contributed by atoms with van der Waals surface area (Å²) in [6.07, 6.45) is 8.16. The van der Waals surface area contributed by atoms with E-state index in [2.05, 4.69) is 0 Å². The molecule has 2 rings (SSSR count). The molecule has 1 saturated carbocycles. The molecule has 1 aliphatic rings. The molecule has 1 aliphatic carbocycles. The Bertz CT molecular complexity index is 432. The molecular weight excluding hydrogens is 249 g/mol. The van der Waals surface area contributed by atoms with Gasteiger partial charge in [0, 0.05) is 0 Å². The highest BCUT2D eigenvalue weighted by molar-refractivity contribution is 5.22. The molecule has 0 radical (unpaired) electrons. The Morgan fingerprint density at radius 1 is 1.05 bits per heavy atom. The summed E-state index contributed by atoms with van der Waals surface area (Å²) in [4.78, 5) is 0. The monoisotopic (exact) mass is 268 g/mol. The topological polar surface area (TPSA) is 0 Å². The van der Waals surface area contributed by atoms with Gasteiger partial charge in [0.15, 0.2) is 11.6 Å². The average Bonchev–Trinajstić information content (AvgIpc) is 2.43. The van der Waals surface area contributed by atoms with Crippen molar-refractivity contribution in [3.05, 3.63) is 47.8 Å². The molecule has 1 aromatic carbocycles. The molecule has 0 spiro atoms. The van der Waals surface area contributed by atoms with Crippen molar-refractivity contribution in [2.45, 2.75) is 44.4 Å². The van der Waals surface area contributed by atoms with E-state index in [0.717, 1.165) is 44.1 Å². The third-order valence-electron chi connectivity index (χ3n) is 4.09. The minimum atomic E-state index is -0.782. The van der Waals surface area contributed by atoms with E-state index < -0.39 is 11.6 Å². The Balaban J connectivity index is 1.87. The van der Waals surface area contributed by atoms with Crippen LogP contribution >= 0.6 is 0 Å². The molecule has 0 unspecified atom stereocenters. The van der Waals surface area contributed by atoms with Gasteiger partial charge in [-0.15, -0.1) is 0 Å². The molecule has 0 N–H and O–H groups in total.